The number of hydrogen-bond donors (Lipinski definition) is 1. The Labute approximate surface area is 148 Å². The fourth-order valence-electron chi connectivity index (χ4n) is 3.10. The SMILES string of the molecule is Cc1nccn1CCCNC(=O)N1CCO[C@H](Cc2ccccc2)C1. The average Bonchev–Trinajstić information content (AvgIpc) is 3.04. The maximum absolute atomic E-state index is 12.4. The van der Waals surface area contributed by atoms with Gasteiger partial charge < -0.3 is 19.5 Å². The number of nitrogens with one attached hydrogen (secondary N) is 1. The van der Waals surface area contributed by atoms with Crippen molar-refractivity contribution in [1.82, 2.24) is 19.8 Å². The van der Waals surface area contributed by atoms with Crippen molar-refractivity contribution >= 4 is 6.03 Å². The Morgan fingerprint density at radius 3 is 2.96 bits per heavy atom. The Morgan fingerprint density at radius 2 is 2.20 bits per heavy atom. The maximum Gasteiger partial charge on any atom is 0.317 e. The van der Waals surface area contributed by atoms with E-state index in [1.165, 1.54) is 5.56 Å². The molecule has 0 bridgehead atoms. The zero-order valence-electron chi connectivity index (χ0n) is 14.7. The first kappa shape index (κ1) is 17.5. The lowest BCUT2D eigenvalue weighted by Crippen LogP contribution is -2.50. The van der Waals surface area contributed by atoms with E-state index in [0.717, 1.165) is 25.2 Å². The van der Waals surface area contributed by atoms with Crippen molar-refractivity contribution in [3.63, 3.8) is 0 Å². The van der Waals surface area contributed by atoms with Gasteiger partial charge in [0.15, 0.2) is 0 Å². The van der Waals surface area contributed by atoms with Crippen LogP contribution in [0.3, 0.4) is 0 Å². The van der Waals surface area contributed by atoms with Crippen LogP contribution in [0, 0.1) is 6.92 Å². The van der Waals surface area contributed by atoms with Crippen molar-refractivity contribution < 1.29 is 9.53 Å². The smallest absolute Gasteiger partial charge is 0.317 e. The lowest BCUT2D eigenvalue weighted by Gasteiger charge is -2.33. The third-order valence-electron chi connectivity index (χ3n) is 4.51. The Morgan fingerprint density at radius 1 is 1.36 bits per heavy atom. The van der Waals surface area contributed by atoms with Crippen LogP contribution in [-0.4, -0.2) is 52.8 Å². The van der Waals surface area contributed by atoms with E-state index in [9.17, 15) is 4.79 Å². The second-order valence-electron chi connectivity index (χ2n) is 6.38. The Hall–Kier alpha value is -2.34. The van der Waals surface area contributed by atoms with E-state index >= 15 is 0 Å². The van der Waals surface area contributed by atoms with E-state index in [4.69, 9.17) is 4.74 Å². The molecule has 2 amide bonds. The first-order valence-corrected chi connectivity index (χ1v) is 8.88. The molecule has 0 spiro atoms. The average molecular weight is 342 g/mol. The van der Waals surface area contributed by atoms with Crippen molar-refractivity contribution in [2.24, 2.45) is 0 Å². The van der Waals surface area contributed by atoms with Crippen LogP contribution in [0.2, 0.25) is 0 Å². The highest BCUT2D eigenvalue weighted by Crippen LogP contribution is 2.12. The molecular formula is C19H26N4O2. The predicted molar refractivity (Wildman–Crippen MR) is 96.4 cm³/mol. The number of amides is 2. The minimum atomic E-state index is 0.00344. The minimum Gasteiger partial charge on any atom is -0.374 e. The van der Waals surface area contributed by atoms with Gasteiger partial charge in [0.05, 0.1) is 12.7 Å². The van der Waals surface area contributed by atoms with Gasteiger partial charge in [-0.3, -0.25) is 0 Å². The fraction of sp³-hybridized carbons (Fsp3) is 0.474. The van der Waals surface area contributed by atoms with E-state index in [1.54, 1.807) is 6.20 Å². The molecule has 3 rings (SSSR count). The van der Waals surface area contributed by atoms with Gasteiger partial charge >= 0.3 is 6.03 Å². The standard InChI is InChI=1S/C19H26N4O2/c1-16-20-9-11-22(16)10-5-8-21-19(24)23-12-13-25-18(15-23)14-17-6-3-2-4-7-17/h2-4,6-7,9,11,18H,5,8,10,12-15H2,1H3,(H,21,24)/t18-/m1/s1. The van der Waals surface area contributed by atoms with Crippen molar-refractivity contribution in [2.45, 2.75) is 32.4 Å². The second-order valence-corrected chi connectivity index (χ2v) is 6.38. The summed E-state index contributed by atoms with van der Waals surface area (Å²) in [4.78, 5) is 18.4. The molecule has 25 heavy (non-hydrogen) atoms. The lowest BCUT2D eigenvalue weighted by atomic mass is 10.1. The van der Waals surface area contributed by atoms with E-state index in [0.29, 0.717) is 26.2 Å². The van der Waals surface area contributed by atoms with Gasteiger partial charge in [-0.15, -0.1) is 0 Å². The van der Waals surface area contributed by atoms with Crippen LogP contribution in [0.25, 0.3) is 0 Å². The molecule has 2 aromatic rings. The first-order valence-electron chi connectivity index (χ1n) is 8.88. The van der Waals surface area contributed by atoms with Crippen LogP contribution in [-0.2, 0) is 17.7 Å². The molecule has 1 aromatic heterocycles. The van der Waals surface area contributed by atoms with Crippen molar-refractivity contribution in [3.8, 4) is 0 Å². The number of imidazole rings is 1. The van der Waals surface area contributed by atoms with Crippen molar-refractivity contribution in [3.05, 3.63) is 54.1 Å². The molecular weight excluding hydrogens is 316 g/mol. The third kappa shape index (κ3) is 5.06. The number of carbonyl (C=O) groups is 1. The van der Waals surface area contributed by atoms with Gasteiger partial charge in [-0.2, -0.15) is 0 Å². The number of nitrogens with zero attached hydrogens (tertiary/aromatic N) is 3. The molecule has 1 atom stereocenters. The zero-order valence-corrected chi connectivity index (χ0v) is 14.7. The first-order chi connectivity index (χ1) is 12.2. The van der Waals surface area contributed by atoms with Gasteiger partial charge in [-0.25, -0.2) is 9.78 Å². The molecule has 2 heterocycles. The van der Waals surface area contributed by atoms with Gasteiger partial charge in [0, 0.05) is 45.0 Å². The molecule has 0 unspecified atom stereocenters. The summed E-state index contributed by atoms with van der Waals surface area (Å²) < 4.78 is 7.91. The monoisotopic (exact) mass is 342 g/mol. The normalized spacial score (nSPS) is 17.5. The Bertz CT molecular complexity index is 671. The number of hydrogen-bond acceptors (Lipinski definition) is 3. The zero-order chi connectivity index (χ0) is 17.5. The molecule has 1 fully saturated rings. The third-order valence-corrected chi connectivity index (χ3v) is 4.51. The summed E-state index contributed by atoms with van der Waals surface area (Å²) in [5.74, 6) is 1.00. The van der Waals surface area contributed by atoms with Crippen LogP contribution >= 0.6 is 0 Å². The van der Waals surface area contributed by atoms with E-state index < -0.39 is 0 Å². The number of aryl methyl sites for hydroxylation is 2. The lowest BCUT2D eigenvalue weighted by molar-refractivity contribution is -0.0132. The van der Waals surface area contributed by atoms with Gasteiger partial charge in [-0.05, 0) is 18.9 Å². The fourth-order valence-corrected chi connectivity index (χ4v) is 3.10. The number of carbonyl (C=O) groups excluding carboxylic acids is 1. The number of ether oxygens (including phenoxy) is 1. The number of aromatic nitrogens is 2. The summed E-state index contributed by atoms with van der Waals surface area (Å²) in [5, 5.41) is 3.02. The molecule has 1 N–H and O–H groups in total. The molecule has 6 nitrogen and oxygen atoms in total. The van der Waals surface area contributed by atoms with Crippen molar-refractivity contribution in [2.75, 3.05) is 26.2 Å². The quantitative estimate of drug-likeness (QED) is 0.819. The van der Waals surface area contributed by atoms with E-state index in [1.807, 2.05) is 36.2 Å². The summed E-state index contributed by atoms with van der Waals surface area (Å²) in [6.07, 6.45) is 5.56. The number of rotatable bonds is 6. The summed E-state index contributed by atoms with van der Waals surface area (Å²) >= 11 is 0. The largest absolute Gasteiger partial charge is 0.374 e. The van der Waals surface area contributed by atoms with Gasteiger partial charge in [0.1, 0.15) is 5.82 Å². The molecule has 6 heteroatoms. The minimum absolute atomic E-state index is 0.00344. The summed E-state index contributed by atoms with van der Waals surface area (Å²) in [5.41, 5.74) is 1.24. The van der Waals surface area contributed by atoms with Crippen LogP contribution in [0.15, 0.2) is 42.7 Å². The van der Waals surface area contributed by atoms with Gasteiger partial charge in [0.2, 0.25) is 0 Å². The molecule has 0 radical (unpaired) electrons. The molecule has 1 aliphatic rings. The molecule has 1 aliphatic heterocycles. The van der Waals surface area contributed by atoms with Crippen LogP contribution < -0.4 is 5.32 Å². The van der Waals surface area contributed by atoms with Crippen LogP contribution in [0.1, 0.15) is 17.8 Å². The summed E-state index contributed by atoms with van der Waals surface area (Å²) in [6, 6.07) is 10.3. The highest BCUT2D eigenvalue weighted by atomic mass is 16.5. The molecule has 1 saturated heterocycles. The molecule has 0 aliphatic carbocycles. The Balaban J connectivity index is 1.40. The second kappa shape index (κ2) is 8.67. The van der Waals surface area contributed by atoms with Gasteiger partial charge in [0.25, 0.3) is 0 Å². The summed E-state index contributed by atoms with van der Waals surface area (Å²) in [7, 11) is 0. The highest BCUT2D eigenvalue weighted by Gasteiger charge is 2.24. The molecule has 134 valence electrons. The summed E-state index contributed by atoms with van der Waals surface area (Å²) in [6.45, 7) is 5.40. The van der Waals surface area contributed by atoms with E-state index in [-0.39, 0.29) is 12.1 Å². The molecule has 1 aromatic carbocycles. The van der Waals surface area contributed by atoms with Crippen LogP contribution in [0.5, 0.6) is 0 Å². The van der Waals surface area contributed by atoms with Crippen molar-refractivity contribution in [1.29, 1.82) is 0 Å². The highest BCUT2D eigenvalue weighted by molar-refractivity contribution is 5.74. The predicted octanol–water partition coefficient (Wildman–Crippen LogP) is 2.23. The van der Waals surface area contributed by atoms with Gasteiger partial charge in [-0.1, -0.05) is 30.3 Å². The Kier molecular flexibility index (Phi) is 6.06. The number of urea groups is 1. The maximum atomic E-state index is 12.4. The topological polar surface area (TPSA) is 59.4 Å². The number of morpholine rings is 1. The molecule has 0 saturated carbocycles. The number of benzene rings is 1. The van der Waals surface area contributed by atoms with E-state index in [2.05, 4.69) is 27.0 Å². The van der Waals surface area contributed by atoms with Crippen LogP contribution in [0.4, 0.5) is 4.79 Å².